The standard InChI is InChI=1S/C17H23NO3/c1-12(14-5-4-6-15(10-14)21-3)9-17(20)18(2)11-16(19)13-7-8-13/h4-6,9-10,13,16,19H,7-8,11H2,1-3H3/b12-9+. The van der Waals surface area contributed by atoms with Crippen LogP contribution in [0.25, 0.3) is 5.57 Å². The predicted molar refractivity (Wildman–Crippen MR) is 83.0 cm³/mol. The molecule has 4 heteroatoms. The third-order valence-corrected chi connectivity index (χ3v) is 3.87. The molecule has 21 heavy (non-hydrogen) atoms. The Bertz CT molecular complexity index is 535. The molecule has 1 aromatic rings. The zero-order valence-electron chi connectivity index (χ0n) is 12.9. The van der Waals surface area contributed by atoms with Crippen molar-refractivity contribution in [1.29, 1.82) is 0 Å². The van der Waals surface area contributed by atoms with E-state index in [0.717, 1.165) is 29.7 Å². The lowest BCUT2D eigenvalue weighted by molar-refractivity contribution is -0.126. The molecular formula is C17H23NO3. The number of aliphatic hydroxyl groups is 1. The minimum Gasteiger partial charge on any atom is -0.497 e. The Balaban J connectivity index is 2.00. The Morgan fingerprint density at radius 2 is 2.24 bits per heavy atom. The van der Waals surface area contributed by atoms with Crippen molar-refractivity contribution in [1.82, 2.24) is 4.90 Å². The van der Waals surface area contributed by atoms with E-state index < -0.39 is 6.10 Å². The van der Waals surface area contributed by atoms with Gasteiger partial charge in [-0.05, 0) is 49.0 Å². The van der Waals surface area contributed by atoms with Crippen LogP contribution in [0.4, 0.5) is 0 Å². The van der Waals surface area contributed by atoms with Crippen molar-refractivity contribution in [3.8, 4) is 5.75 Å². The number of carbonyl (C=O) groups is 1. The SMILES string of the molecule is COc1cccc(/C(C)=C/C(=O)N(C)CC(O)C2CC2)c1. The second-order valence-corrected chi connectivity index (χ2v) is 5.68. The smallest absolute Gasteiger partial charge is 0.246 e. The van der Waals surface area contributed by atoms with E-state index in [9.17, 15) is 9.90 Å². The van der Waals surface area contributed by atoms with Gasteiger partial charge in [0, 0.05) is 19.7 Å². The van der Waals surface area contributed by atoms with Gasteiger partial charge < -0.3 is 14.7 Å². The maximum atomic E-state index is 12.2. The van der Waals surface area contributed by atoms with Crippen LogP contribution in [-0.2, 0) is 4.79 Å². The van der Waals surface area contributed by atoms with Gasteiger partial charge in [-0.3, -0.25) is 4.79 Å². The summed E-state index contributed by atoms with van der Waals surface area (Å²) in [5, 5.41) is 9.90. The molecule has 114 valence electrons. The van der Waals surface area contributed by atoms with Crippen LogP contribution in [0.1, 0.15) is 25.3 Å². The Morgan fingerprint density at radius 1 is 1.52 bits per heavy atom. The van der Waals surface area contributed by atoms with Gasteiger partial charge in [0.2, 0.25) is 5.91 Å². The number of hydrogen-bond donors (Lipinski definition) is 1. The number of likely N-dealkylation sites (N-methyl/N-ethyl adjacent to an activating group) is 1. The number of nitrogens with zero attached hydrogens (tertiary/aromatic N) is 1. The minimum absolute atomic E-state index is 0.0879. The molecule has 1 aliphatic rings. The van der Waals surface area contributed by atoms with Crippen LogP contribution in [0.5, 0.6) is 5.75 Å². The fourth-order valence-corrected chi connectivity index (χ4v) is 2.25. The Labute approximate surface area is 126 Å². The van der Waals surface area contributed by atoms with Crippen molar-refractivity contribution in [2.45, 2.75) is 25.9 Å². The Kier molecular flexibility index (Phi) is 5.02. The molecule has 0 bridgehead atoms. The average Bonchev–Trinajstić information content (AvgIpc) is 3.31. The quantitative estimate of drug-likeness (QED) is 0.818. The van der Waals surface area contributed by atoms with E-state index in [0.29, 0.717) is 12.5 Å². The fraction of sp³-hybridized carbons (Fsp3) is 0.471. The zero-order valence-corrected chi connectivity index (χ0v) is 12.9. The van der Waals surface area contributed by atoms with Crippen LogP contribution in [0.3, 0.4) is 0 Å². The summed E-state index contributed by atoms with van der Waals surface area (Å²) in [5.74, 6) is 1.06. The fourth-order valence-electron chi connectivity index (χ4n) is 2.25. The second-order valence-electron chi connectivity index (χ2n) is 5.68. The largest absolute Gasteiger partial charge is 0.497 e. The average molecular weight is 289 g/mol. The molecule has 1 unspecified atom stereocenters. The maximum Gasteiger partial charge on any atom is 0.246 e. The molecule has 0 aliphatic heterocycles. The number of aliphatic hydroxyl groups excluding tert-OH is 1. The van der Waals surface area contributed by atoms with Crippen molar-refractivity contribution < 1.29 is 14.6 Å². The van der Waals surface area contributed by atoms with E-state index in [1.54, 1.807) is 25.1 Å². The van der Waals surface area contributed by atoms with E-state index in [1.165, 1.54) is 0 Å². The number of ether oxygens (including phenoxy) is 1. The summed E-state index contributed by atoms with van der Waals surface area (Å²) in [6, 6.07) is 7.62. The van der Waals surface area contributed by atoms with Crippen molar-refractivity contribution >= 4 is 11.5 Å². The molecule has 0 saturated heterocycles. The number of hydrogen-bond acceptors (Lipinski definition) is 3. The molecule has 1 saturated carbocycles. The van der Waals surface area contributed by atoms with Gasteiger partial charge in [0.25, 0.3) is 0 Å². The van der Waals surface area contributed by atoms with Crippen molar-refractivity contribution in [2.75, 3.05) is 20.7 Å². The molecule has 1 aromatic carbocycles. The predicted octanol–water partition coefficient (Wildman–Crippen LogP) is 2.33. The first-order valence-corrected chi connectivity index (χ1v) is 7.27. The lowest BCUT2D eigenvalue weighted by Gasteiger charge is -2.19. The number of rotatable bonds is 6. The molecule has 2 rings (SSSR count). The number of allylic oxidation sites excluding steroid dienone is 1. The Hall–Kier alpha value is -1.81. The van der Waals surface area contributed by atoms with E-state index in [2.05, 4.69) is 0 Å². The molecule has 0 radical (unpaired) electrons. The van der Waals surface area contributed by atoms with Gasteiger partial charge >= 0.3 is 0 Å². The summed E-state index contributed by atoms with van der Waals surface area (Å²) in [6.45, 7) is 2.29. The molecule has 0 spiro atoms. The van der Waals surface area contributed by atoms with Crippen LogP contribution < -0.4 is 4.74 Å². The first-order chi connectivity index (χ1) is 10.0. The summed E-state index contributed by atoms with van der Waals surface area (Å²) in [4.78, 5) is 13.7. The number of methoxy groups -OCH3 is 1. The molecule has 1 N–H and O–H groups in total. The minimum atomic E-state index is -0.399. The van der Waals surface area contributed by atoms with E-state index in [-0.39, 0.29) is 5.91 Å². The first-order valence-electron chi connectivity index (χ1n) is 7.27. The molecule has 4 nitrogen and oxygen atoms in total. The van der Waals surface area contributed by atoms with Crippen LogP contribution >= 0.6 is 0 Å². The third-order valence-electron chi connectivity index (χ3n) is 3.87. The van der Waals surface area contributed by atoms with Gasteiger partial charge in [0.05, 0.1) is 13.2 Å². The van der Waals surface area contributed by atoms with Crippen LogP contribution in [0.2, 0.25) is 0 Å². The summed E-state index contributed by atoms with van der Waals surface area (Å²) in [7, 11) is 3.35. The molecule has 0 heterocycles. The van der Waals surface area contributed by atoms with Crippen molar-refractivity contribution in [3.63, 3.8) is 0 Å². The monoisotopic (exact) mass is 289 g/mol. The normalized spacial score (nSPS) is 16.5. The number of benzene rings is 1. The van der Waals surface area contributed by atoms with E-state index in [1.807, 2.05) is 31.2 Å². The van der Waals surface area contributed by atoms with Crippen LogP contribution in [-0.4, -0.2) is 42.7 Å². The molecule has 1 fully saturated rings. The molecular weight excluding hydrogens is 266 g/mol. The molecule has 0 aromatic heterocycles. The van der Waals surface area contributed by atoms with Crippen molar-refractivity contribution in [2.24, 2.45) is 5.92 Å². The summed E-state index contributed by atoms with van der Waals surface area (Å²) < 4.78 is 5.19. The number of carbonyl (C=O) groups excluding carboxylic acids is 1. The van der Waals surface area contributed by atoms with Gasteiger partial charge in [-0.25, -0.2) is 0 Å². The van der Waals surface area contributed by atoms with Crippen LogP contribution in [0.15, 0.2) is 30.3 Å². The zero-order chi connectivity index (χ0) is 15.4. The highest BCUT2D eigenvalue weighted by Gasteiger charge is 2.30. The highest BCUT2D eigenvalue weighted by Crippen LogP contribution is 2.32. The van der Waals surface area contributed by atoms with E-state index in [4.69, 9.17) is 4.74 Å². The van der Waals surface area contributed by atoms with Gasteiger partial charge in [-0.15, -0.1) is 0 Å². The second kappa shape index (κ2) is 6.76. The highest BCUT2D eigenvalue weighted by molar-refractivity contribution is 5.94. The summed E-state index contributed by atoms with van der Waals surface area (Å²) in [6.07, 6.45) is 3.35. The topological polar surface area (TPSA) is 49.8 Å². The van der Waals surface area contributed by atoms with Gasteiger partial charge in [0.15, 0.2) is 0 Å². The molecule has 1 amide bonds. The lowest BCUT2D eigenvalue weighted by atomic mass is 10.1. The first kappa shape index (κ1) is 15.6. The highest BCUT2D eigenvalue weighted by atomic mass is 16.5. The van der Waals surface area contributed by atoms with Gasteiger partial charge in [-0.2, -0.15) is 0 Å². The third kappa shape index (κ3) is 4.33. The summed E-state index contributed by atoms with van der Waals surface area (Å²) >= 11 is 0. The molecule has 1 atom stereocenters. The number of amides is 1. The van der Waals surface area contributed by atoms with Crippen LogP contribution in [0, 0.1) is 5.92 Å². The van der Waals surface area contributed by atoms with Gasteiger partial charge in [0.1, 0.15) is 5.75 Å². The lowest BCUT2D eigenvalue weighted by Crippen LogP contribution is -2.34. The van der Waals surface area contributed by atoms with Gasteiger partial charge in [-0.1, -0.05) is 12.1 Å². The van der Waals surface area contributed by atoms with Crippen molar-refractivity contribution in [3.05, 3.63) is 35.9 Å². The maximum absolute atomic E-state index is 12.2. The molecule has 1 aliphatic carbocycles. The van der Waals surface area contributed by atoms with E-state index >= 15 is 0 Å². The summed E-state index contributed by atoms with van der Waals surface area (Å²) in [5.41, 5.74) is 1.84. The Morgan fingerprint density at radius 3 is 2.86 bits per heavy atom.